The maximum Gasteiger partial charge on any atom is 0.221 e. The van der Waals surface area contributed by atoms with Crippen LogP contribution >= 0.6 is 0 Å². The molecule has 5 heteroatoms. The van der Waals surface area contributed by atoms with Gasteiger partial charge in [0.15, 0.2) is 5.78 Å². The summed E-state index contributed by atoms with van der Waals surface area (Å²) in [6, 6.07) is 9.37. The molecule has 1 aliphatic rings. The Labute approximate surface area is 150 Å². The van der Waals surface area contributed by atoms with Gasteiger partial charge in [0.1, 0.15) is 12.6 Å². The molecule has 1 fully saturated rings. The van der Waals surface area contributed by atoms with E-state index in [-0.39, 0.29) is 29.8 Å². The van der Waals surface area contributed by atoms with Crippen molar-refractivity contribution in [2.24, 2.45) is 0 Å². The molecular weight excluding hydrogens is 316 g/mol. The van der Waals surface area contributed by atoms with Crippen LogP contribution in [0.3, 0.4) is 0 Å². The molecule has 0 aliphatic carbocycles. The van der Waals surface area contributed by atoms with E-state index in [9.17, 15) is 9.59 Å². The first-order valence-corrected chi connectivity index (χ1v) is 8.79. The predicted octanol–water partition coefficient (Wildman–Crippen LogP) is 1.96. The molecule has 0 aromatic heterocycles. The standard InChI is InChI=1S/C20H29N2O3/c1-5-20(2,15-9-7-6-8-10-15)13-18(24)21-19-16(23)14-25-17(19)11-12-22(3)4/h6-10,17,19H,1,5,11-14H2,2-4H3,(H,21,24). The van der Waals surface area contributed by atoms with E-state index in [4.69, 9.17) is 4.74 Å². The van der Waals surface area contributed by atoms with Crippen LogP contribution in [-0.4, -0.2) is 56.0 Å². The lowest BCUT2D eigenvalue weighted by atomic mass is 9.77. The zero-order valence-electron chi connectivity index (χ0n) is 15.5. The number of ether oxygens (including phenoxy) is 1. The molecule has 1 aromatic rings. The van der Waals surface area contributed by atoms with Crippen LogP contribution in [0.15, 0.2) is 30.3 Å². The van der Waals surface area contributed by atoms with Gasteiger partial charge in [-0.05, 0) is 32.5 Å². The Morgan fingerprint density at radius 3 is 2.64 bits per heavy atom. The van der Waals surface area contributed by atoms with Crippen molar-refractivity contribution in [1.29, 1.82) is 0 Å². The molecule has 0 saturated carbocycles. The minimum absolute atomic E-state index is 0.0480. The fourth-order valence-electron chi connectivity index (χ4n) is 3.15. The lowest BCUT2D eigenvalue weighted by Gasteiger charge is -2.29. The molecule has 2 rings (SSSR count). The van der Waals surface area contributed by atoms with Gasteiger partial charge >= 0.3 is 0 Å². The molecule has 1 radical (unpaired) electrons. The number of amides is 1. The fraction of sp³-hybridized carbons (Fsp3) is 0.550. The Morgan fingerprint density at radius 2 is 2.04 bits per heavy atom. The normalized spacial score (nSPS) is 22.8. The van der Waals surface area contributed by atoms with Gasteiger partial charge in [-0.2, -0.15) is 0 Å². The molecule has 3 unspecified atom stereocenters. The van der Waals surface area contributed by atoms with Gasteiger partial charge in [-0.25, -0.2) is 0 Å². The predicted molar refractivity (Wildman–Crippen MR) is 98.2 cm³/mol. The van der Waals surface area contributed by atoms with Gasteiger partial charge in [0.2, 0.25) is 5.91 Å². The van der Waals surface area contributed by atoms with Gasteiger partial charge in [0.25, 0.3) is 0 Å². The second-order valence-corrected chi connectivity index (χ2v) is 7.31. The number of Topliss-reactive ketones (excluding diaryl/α,β-unsaturated/α-hetero) is 1. The maximum absolute atomic E-state index is 12.6. The molecule has 137 valence electrons. The number of ketones is 1. The average molecular weight is 345 g/mol. The van der Waals surface area contributed by atoms with E-state index < -0.39 is 6.04 Å². The van der Waals surface area contributed by atoms with Crippen LogP contribution in [0.5, 0.6) is 0 Å². The Kier molecular flexibility index (Phi) is 6.73. The van der Waals surface area contributed by atoms with Crippen LogP contribution in [0.25, 0.3) is 0 Å². The van der Waals surface area contributed by atoms with E-state index >= 15 is 0 Å². The zero-order valence-corrected chi connectivity index (χ0v) is 15.5. The fourth-order valence-corrected chi connectivity index (χ4v) is 3.15. The maximum atomic E-state index is 12.6. The van der Waals surface area contributed by atoms with E-state index in [1.807, 2.05) is 56.3 Å². The summed E-state index contributed by atoms with van der Waals surface area (Å²) in [5.41, 5.74) is 0.728. The SMILES string of the molecule is [CH2]CC(C)(CC(=O)NC1C(=O)COC1CCN(C)C)c1ccccc1. The molecule has 25 heavy (non-hydrogen) atoms. The highest BCUT2D eigenvalue weighted by Crippen LogP contribution is 2.31. The monoisotopic (exact) mass is 345 g/mol. The second kappa shape index (κ2) is 8.59. The molecule has 1 N–H and O–H groups in total. The van der Waals surface area contributed by atoms with Crippen molar-refractivity contribution in [1.82, 2.24) is 10.2 Å². The number of hydrogen-bond acceptors (Lipinski definition) is 4. The van der Waals surface area contributed by atoms with E-state index in [1.165, 1.54) is 0 Å². The van der Waals surface area contributed by atoms with E-state index in [0.717, 1.165) is 18.5 Å². The number of nitrogens with one attached hydrogen (secondary N) is 1. The minimum atomic E-state index is -0.544. The summed E-state index contributed by atoms with van der Waals surface area (Å²) in [7, 11) is 3.95. The second-order valence-electron chi connectivity index (χ2n) is 7.31. The first-order chi connectivity index (χ1) is 11.9. The van der Waals surface area contributed by atoms with Gasteiger partial charge in [-0.1, -0.05) is 44.2 Å². The summed E-state index contributed by atoms with van der Waals surface area (Å²) >= 11 is 0. The summed E-state index contributed by atoms with van der Waals surface area (Å²) in [4.78, 5) is 26.8. The Morgan fingerprint density at radius 1 is 1.36 bits per heavy atom. The van der Waals surface area contributed by atoms with Crippen LogP contribution in [-0.2, 0) is 19.7 Å². The molecule has 0 spiro atoms. The Hall–Kier alpha value is -1.72. The van der Waals surface area contributed by atoms with E-state index in [1.54, 1.807) is 0 Å². The summed E-state index contributed by atoms with van der Waals surface area (Å²) in [6.07, 6.45) is 1.37. The minimum Gasteiger partial charge on any atom is -0.368 e. The average Bonchev–Trinajstić information content (AvgIpc) is 2.93. The van der Waals surface area contributed by atoms with Crippen molar-refractivity contribution >= 4 is 11.7 Å². The van der Waals surface area contributed by atoms with Gasteiger partial charge in [-0.3, -0.25) is 9.59 Å². The third-order valence-electron chi connectivity index (χ3n) is 4.91. The highest BCUT2D eigenvalue weighted by Gasteiger charge is 2.38. The van der Waals surface area contributed by atoms with Crippen LogP contribution in [0.4, 0.5) is 0 Å². The van der Waals surface area contributed by atoms with Crippen LogP contribution in [0.2, 0.25) is 0 Å². The first-order valence-electron chi connectivity index (χ1n) is 8.79. The third-order valence-corrected chi connectivity index (χ3v) is 4.91. The van der Waals surface area contributed by atoms with Gasteiger partial charge in [-0.15, -0.1) is 0 Å². The quantitative estimate of drug-likeness (QED) is 0.782. The Bertz CT molecular complexity index is 588. The molecule has 5 nitrogen and oxygen atoms in total. The van der Waals surface area contributed by atoms with Crippen LogP contribution < -0.4 is 5.32 Å². The zero-order chi connectivity index (χ0) is 18.4. The van der Waals surface area contributed by atoms with Crippen LogP contribution in [0, 0.1) is 6.92 Å². The molecule has 1 saturated heterocycles. The molecule has 1 aliphatic heterocycles. The lowest BCUT2D eigenvalue weighted by Crippen LogP contribution is -2.47. The van der Waals surface area contributed by atoms with Gasteiger partial charge in [0.05, 0.1) is 6.10 Å². The molecule has 3 atom stereocenters. The smallest absolute Gasteiger partial charge is 0.221 e. The highest BCUT2D eigenvalue weighted by atomic mass is 16.5. The molecule has 1 heterocycles. The number of carbonyl (C=O) groups excluding carboxylic acids is 2. The summed E-state index contributed by atoms with van der Waals surface area (Å²) < 4.78 is 5.57. The van der Waals surface area contributed by atoms with Crippen molar-refractivity contribution in [3.8, 4) is 0 Å². The van der Waals surface area contributed by atoms with Crippen molar-refractivity contribution in [3.63, 3.8) is 0 Å². The summed E-state index contributed by atoms with van der Waals surface area (Å²) in [5.74, 6) is -0.179. The van der Waals surface area contributed by atoms with E-state index in [0.29, 0.717) is 12.8 Å². The third kappa shape index (κ3) is 5.13. The van der Waals surface area contributed by atoms with Crippen LogP contribution in [0.1, 0.15) is 31.7 Å². The van der Waals surface area contributed by atoms with E-state index in [2.05, 4.69) is 12.2 Å². The largest absolute Gasteiger partial charge is 0.368 e. The topological polar surface area (TPSA) is 58.6 Å². The first kappa shape index (κ1) is 19.6. The van der Waals surface area contributed by atoms with Crippen molar-refractivity contribution in [2.75, 3.05) is 27.2 Å². The molecular formula is C20H29N2O3. The van der Waals surface area contributed by atoms with Crippen molar-refractivity contribution < 1.29 is 14.3 Å². The van der Waals surface area contributed by atoms with Crippen molar-refractivity contribution in [3.05, 3.63) is 42.8 Å². The van der Waals surface area contributed by atoms with Gasteiger partial charge < -0.3 is 15.0 Å². The molecule has 1 amide bonds. The van der Waals surface area contributed by atoms with Gasteiger partial charge in [0, 0.05) is 18.4 Å². The number of benzene rings is 1. The lowest BCUT2D eigenvalue weighted by molar-refractivity contribution is -0.127. The summed E-state index contributed by atoms with van der Waals surface area (Å²) in [6.45, 7) is 6.94. The Balaban J connectivity index is 2.01. The van der Waals surface area contributed by atoms with Crippen molar-refractivity contribution in [2.45, 2.75) is 43.7 Å². The molecule has 1 aromatic carbocycles. The number of nitrogens with zero attached hydrogens (tertiary/aromatic N) is 1. The summed E-state index contributed by atoms with van der Waals surface area (Å²) in [5, 5.41) is 2.90. The number of hydrogen-bond donors (Lipinski definition) is 1. The number of rotatable bonds is 8. The molecule has 0 bridgehead atoms. The highest BCUT2D eigenvalue weighted by molar-refractivity contribution is 5.92. The number of carbonyl (C=O) groups is 2.